The fraction of sp³-hybridized carbons (Fsp3) is 0.333. The first-order valence-corrected chi connectivity index (χ1v) is 11.5. The molecule has 176 valence electrons. The van der Waals surface area contributed by atoms with Crippen LogP contribution in [0.15, 0.2) is 60.0 Å². The summed E-state index contributed by atoms with van der Waals surface area (Å²) < 4.78 is 33.5. The average Bonchev–Trinajstić information content (AvgIpc) is 3.20. The monoisotopic (exact) mass is 463 g/mol. The van der Waals surface area contributed by atoms with Crippen molar-refractivity contribution in [1.29, 1.82) is 0 Å². The zero-order valence-electron chi connectivity index (χ0n) is 19.4. The molecular weight excluding hydrogens is 436 g/mol. The molecule has 1 aromatic heterocycles. The molecule has 0 aliphatic carbocycles. The van der Waals surface area contributed by atoms with E-state index in [2.05, 4.69) is 34.1 Å². The quantitative estimate of drug-likeness (QED) is 0.391. The Morgan fingerprint density at radius 2 is 1.85 bits per heavy atom. The van der Waals surface area contributed by atoms with Crippen molar-refractivity contribution in [3.05, 3.63) is 99.9 Å². The van der Waals surface area contributed by atoms with Crippen molar-refractivity contribution in [2.75, 3.05) is 20.2 Å². The van der Waals surface area contributed by atoms with Gasteiger partial charge in [0, 0.05) is 48.7 Å². The molecule has 5 rings (SSSR count). The van der Waals surface area contributed by atoms with Gasteiger partial charge in [0.1, 0.15) is 12.8 Å². The number of halogens is 2. The minimum Gasteiger partial charge on any atom is -0.399 e. The Hall–Kier alpha value is -3.16. The molecular formula is C27H27F2N3O2. The number of fused-ring (bicyclic) bond motifs is 2. The van der Waals surface area contributed by atoms with E-state index in [1.165, 1.54) is 29.9 Å². The predicted octanol–water partition coefficient (Wildman–Crippen LogP) is 5.09. The zero-order valence-corrected chi connectivity index (χ0v) is 19.4. The normalized spacial score (nSPS) is 17.7. The number of ether oxygens (including phenoxy) is 1. The van der Waals surface area contributed by atoms with E-state index in [9.17, 15) is 8.78 Å². The standard InChI is InChI=1S/C27H27F2N3O2/c1-18-13-19(26(31-33-2)20-5-6-24(28)25(29)14-20)3-4-21(18)16-32-11-8-27(9-12-32)23-15-30-10-7-22(23)17-34-27/h3-7,10,13-15H,8-9,11-12,16-17H2,1-2H3/b31-26+. The van der Waals surface area contributed by atoms with Crippen molar-refractivity contribution < 1.29 is 18.4 Å². The lowest BCUT2D eigenvalue weighted by Crippen LogP contribution is -2.42. The summed E-state index contributed by atoms with van der Waals surface area (Å²) in [5.41, 5.74) is 6.33. The maximum Gasteiger partial charge on any atom is 0.159 e. The maximum atomic E-state index is 13.8. The number of pyridine rings is 1. The third-order valence-electron chi connectivity index (χ3n) is 6.96. The first-order chi connectivity index (χ1) is 16.5. The summed E-state index contributed by atoms with van der Waals surface area (Å²) in [7, 11) is 1.44. The molecule has 0 bridgehead atoms. The van der Waals surface area contributed by atoms with Crippen LogP contribution in [0.25, 0.3) is 0 Å². The molecule has 0 amide bonds. The second kappa shape index (κ2) is 9.24. The summed E-state index contributed by atoms with van der Waals surface area (Å²) >= 11 is 0. The lowest BCUT2D eigenvalue weighted by molar-refractivity contribution is -0.0800. The first kappa shape index (κ1) is 22.6. The van der Waals surface area contributed by atoms with Crippen LogP contribution in [0, 0.1) is 18.6 Å². The third kappa shape index (κ3) is 4.21. The van der Waals surface area contributed by atoms with E-state index in [0.717, 1.165) is 55.7 Å². The van der Waals surface area contributed by atoms with Gasteiger partial charge in [0.15, 0.2) is 11.6 Å². The number of hydrogen-bond donors (Lipinski definition) is 0. The van der Waals surface area contributed by atoms with E-state index < -0.39 is 11.6 Å². The molecule has 2 aromatic carbocycles. The number of aryl methyl sites for hydroxylation is 1. The Morgan fingerprint density at radius 3 is 2.59 bits per heavy atom. The summed E-state index contributed by atoms with van der Waals surface area (Å²) in [4.78, 5) is 11.8. The summed E-state index contributed by atoms with van der Waals surface area (Å²) in [5, 5.41) is 4.08. The van der Waals surface area contributed by atoms with Crippen molar-refractivity contribution in [3.63, 3.8) is 0 Å². The Morgan fingerprint density at radius 1 is 1.09 bits per heavy atom. The fourth-order valence-corrected chi connectivity index (χ4v) is 5.01. The van der Waals surface area contributed by atoms with Gasteiger partial charge in [-0.25, -0.2) is 8.78 Å². The van der Waals surface area contributed by atoms with E-state index in [4.69, 9.17) is 9.57 Å². The van der Waals surface area contributed by atoms with E-state index in [1.54, 1.807) is 0 Å². The smallest absolute Gasteiger partial charge is 0.159 e. The van der Waals surface area contributed by atoms with Crippen LogP contribution in [0.5, 0.6) is 0 Å². The predicted molar refractivity (Wildman–Crippen MR) is 125 cm³/mol. The highest BCUT2D eigenvalue weighted by Crippen LogP contribution is 2.43. The topological polar surface area (TPSA) is 47.0 Å². The number of likely N-dealkylation sites (tertiary alicyclic amines) is 1. The van der Waals surface area contributed by atoms with Gasteiger partial charge < -0.3 is 9.57 Å². The fourth-order valence-electron chi connectivity index (χ4n) is 5.01. The Labute approximate surface area is 198 Å². The minimum atomic E-state index is -0.915. The van der Waals surface area contributed by atoms with Crippen LogP contribution in [-0.4, -0.2) is 35.8 Å². The molecule has 3 heterocycles. The van der Waals surface area contributed by atoms with Crippen LogP contribution in [0.2, 0.25) is 0 Å². The van der Waals surface area contributed by atoms with Gasteiger partial charge in [-0.15, -0.1) is 0 Å². The third-order valence-corrected chi connectivity index (χ3v) is 6.96. The molecule has 7 heteroatoms. The van der Waals surface area contributed by atoms with Gasteiger partial charge in [0.2, 0.25) is 0 Å². The molecule has 0 unspecified atom stereocenters. The number of piperidine rings is 1. The molecule has 0 saturated carbocycles. The molecule has 1 saturated heterocycles. The minimum absolute atomic E-state index is 0.199. The zero-order chi connectivity index (χ0) is 23.7. The van der Waals surface area contributed by atoms with Crippen molar-refractivity contribution in [1.82, 2.24) is 9.88 Å². The van der Waals surface area contributed by atoms with E-state index in [1.807, 2.05) is 24.5 Å². The highest BCUT2D eigenvalue weighted by molar-refractivity contribution is 6.12. The number of nitrogens with zero attached hydrogens (tertiary/aromatic N) is 3. The molecule has 2 aliphatic heterocycles. The lowest BCUT2D eigenvalue weighted by atomic mass is 9.84. The molecule has 34 heavy (non-hydrogen) atoms. The lowest BCUT2D eigenvalue weighted by Gasteiger charge is -2.39. The summed E-state index contributed by atoms with van der Waals surface area (Å²) in [5.74, 6) is -1.81. The van der Waals surface area contributed by atoms with Crippen LogP contribution >= 0.6 is 0 Å². The first-order valence-electron chi connectivity index (χ1n) is 11.5. The second-order valence-corrected chi connectivity index (χ2v) is 8.98. The van der Waals surface area contributed by atoms with Crippen LogP contribution < -0.4 is 0 Å². The van der Waals surface area contributed by atoms with Gasteiger partial charge in [-0.2, -0.15) is 0 Å². The summed E-state index contributed by atoms with van der Waals surface area (Å²) in [6, 6.07) is 11.8. The van der Waals surface area contributed by atoms with Crippen LogP contribution in [0.4, 0.5) is 8.78 Å². The average molecular weight is 464 g/mol. The van der Waals surface area contributed by atoms with Gasteiger partial charge in [0.25, 0.3) is 0 Å². The molecule has 2 aliphatic rings. The molecule has 0 atom stereocenters. The van der Waals surface area contributed by atoms with Crippen LogP contribution in [0.1, 0.15) is 46.2 Å². The van der Waals surface area contributed by atoms with Crippen LogP contribution in [-0.2, 0) is 28.3 Å². The van der Waals surface area contributed by atoms with Gasteiger partial charge in [-0.05, 0) is 66.8 Å². The number of benzene rings is 2. The molecule has 1 spiro atoms. The van der Waals surface area contributed by atoms with Gasteiger partial charge in [-0.1, -0.05) is 17.3 Å². The van der Waals surface area contributed by atoms with Crippen molar-refractivity contribution >= 4 is 5.71 Å². The highest BCUT2D eigenvalue weighted by atomic mass is 19.2. The molecule has 3 aromatic rings. The Bertz CT molecular complexity index is 1240. The molecule has 5 nitrogen and oxygen atoms in total. The van der Waals surface area contributed by atoms with E-state index in [-0.39, 0.29) is 5.60 Å². The maximum absolute atomic E-state index is 13.8. The van der Waals surface area contributed by atoms with E-state index in [0.29, 0.717) is 17.9 Å². The van der Waals surface area contributed by atoms with Crippen LogP contribution in [0.3, 0.4) is 0 Å². The van der Waals surface area contributed by atoms with E-state index >= 15 is 0 Å². The van der Waals surface area contributed by atoms with Crippen molar-refractivity contribution in [2.24, 2.45) is 5.16 Å². The van der Waals surface area contributed by atoms with Gasteiger partial charge in [0.05, 0.1) is 12.2 Å². The second-order valence-electron chi connectivity index (χ2n) is 8.98. The number of rotatable bonds is 5. The largest absolute Gasteiger partial charge is 0.399 e. The Balaban J connectivity index is 1.30. The van der Waals surface area contributed by atoms with Gasteiger partial charge >= 0.3 is 0 Å². The Kier molecular flexibility index (Phi) is 6.15. The molecule has 0 radical (unpaired) electrons. The number of oxime groups is 1. The van der Waals surface area contributed by atoms with Gasteiger partial charge in [-0.3, -0.25) is 9.88 Å². The molecule has 1 fully saturated rings. The summed E-state index contributed by atoms with van der Waals surface area (Å²) in [6.45, 7) is 5.45. The van der Waals surface area contributed by atoms with Crippen molar-refractivity contribution in [3.8, 4) is 0 Å². The number of aromatic nitrogens is 1. The highest BCUT2D eigenvalue weighted by Gasteiger charge is 2.42. The SMILES string of the molecule is CO/N=C(\c1ccc(CN2CCC3(CC2)OCc2ccncc23)c(C)c1)c1ccc(F)c(F)c1. The number of hydrogen-bond acceptors (Lipinski definition) is 5. The summed E-state index contributed by atoms with van der Waals surface area (Å²) in [6.07, 6.45) is 5.69. The van der Waals surface area contributed by atoms with Crippen molar-refractivity contribution in [2.45, 2.75) is 38.5 Å². The molecule has 0 N–H and O–H groups in total.